The zero-order chi connectivity index (χ0) is 11.0. The van der Waals surface area contributed by atoms with Gasteiger partial charge in [-0.25, -0.2) is 9.97 Å². The lowest BCUT2D eigenvalue weighted by Gasteiger charge is -2.00. The predicted molar refractivity (Wildman–Crippen MR) is 59.3 cm³/mol. The van der Waals surface area contributed by atoms with Gasteiger partial charge in [0, 0.05) is 6.20 Å². The normalized spacial score (nSPS) is 10.8. The number of nitrogens with zero attached hydrogens (tertiary/aromatic N) is 4. The molecule has 0 amide bonds. The summed E-state index contributed by atoms with van der Waals surface area (Å²) >= 11 is 0. The largest absolute Gasteiger partial charge is 0.383 e. The molecule has 0 spiro atoms. The summed E-state index contributed by atoms with van der Waals surface area (Å²) in [6, 6.07) is 5.54. The molecule has 3 heterocycles. The van der Waals surface area contributed by atoms with E-state index in [2.05, 4.69) is 25.1 Å². The van der Waals surface area contributed by atoms with Gasteiger partial charge >= 0.3 is 0 Å². The van der Waals surface area contributed by atoms with Crippen molar-refractivity contribution in [3.8, 4) is 11.5 Å². The maximum Gasteiger partial charge on any atom is 0.182 e. The SMILES string of the molecule is Nc1nc(-c2ccccn2)nc2[nH]ncc12. The number of nitrogens with two attached hydrogens (primary N) is 1. The Labute approximate surface area is 90.6 Å². The Morgan fingerprint density at radius 2 is 2.12 bits per heavy atom. The van der Waals surface area contributed by atoms with Gasteiger partial charge in [0.1, 0.15) is 11.5 Å². The highest BCUT2D eigenvalue weighted by Gasteiger charge is 2.08. The zero-order valence-electron chi connectivity index (χ0n) is 8.25. The quantitative estimate of drug-likeness (QED) is 0.627. The Hall–Kier alpha value is -2.50. The standard InChI is InChI=1S/C10H8N6/c11-8-6-5-13-16-9(6)15-10(14-8)7-3-1-2-4-12-7/h1-5H,(H3,11,13,14,15,16). The molecule has 0 aromatic carbocycles. The molecule has 0 bridgehead atoms. The number of fused-ring (bicyclic) bond motifs is 1. The zero-order valence-corrected chi connectivity index (χ0v) is 8.25. The van der Waals surface area contributed by atoms with Crippen molar-refractivity contribution in [2.75, 3.05) is 5.73 Å². The van der Waals surface area contributed by atoms with E-state index in [1.54, 1.807) is 12.4 Å². The third-order valence-corrected chi connectivity index (χ3v) is 2.23. The molecule has 3 aromatic heterocycles. The first-order valence-electron chi connectivity index (χ1n) is 4.72. The fourth-order valence-electron chi connectivity index (χ4n) is 1.47. The van der Waals surface area contributed by atoms with Gasteiger partial charge in [-0.15, -0.1) is 0 Å². The van der Waals surface area contributed by atoms with E-state index in [-0.39, 0.29) is 0 Å². The van der Waals surface area contributed by atoms with Gasteiger partial charge in [-0.1, -0.05) is 6.07 Å². The lowest BCUT2D eigenvalue weighted by atomic mass is 10.3. The Balaban J connectivity index is 2.25. The van der Waals surface area contributed by atoms with Crippen LogP contribution in [0.25, 0.3) is 22.6 Å². The molecule has 6 heteroatoms. The van der Waals surface area contributed by atoms with Crippen LogP contribution >= 0.6 is 0 Å². The van der Waals surface area contributed by atoms with Gasteiger partial charge in [0.05, 0.1) is 11.6 Å². The minimum Gasteiger partial charge on any atom is -0.383 e. The fraction of sp³-hybridized carbons (Fsp3) is 0. The molecule has 3 aromatic rings. The van der Waals surface area contributed by atoms with Crippen molar-refractivity contribution in [2.24, 2.45) is 0 Å². The molecule has 0 atom stereocenters. The first kappa shape index (κ1) is 8.78. The van der Waals surface area contributed by atoms with Crippen molar-refractivity contribution in [2.45, 2.75) is 0 Å². The van der Waals surface area contributed by atoms with Gasteiger partial charge in [-0.05, 0) is 12.1 Å². The highest BCUT2D eigenvalue weighted by atomic mass is 15.2. The second-order valence-corrected chi connectivity index (χ2v) is 3.28. The monoisotopic (exact) mass is 212 g/mol. The van der Waals surface area contributed by atoms with Crippen molar-refractivity contribution in [1.82, 2.24) is 25.1 Å². The minimum absolute atomic E-state index is 0.402. The summed E-state index contributed by atoms with van der Waals surface area (Å²) in [6.45, 7) is 0. The van der Waals surface area contributed by atoms with E-state index in [1.165, 1.54) is 0 Å². The summed E-state index contributed by atoms with van der Waals surface area (Å²) in [5.41, 5.74) is 7.10. The first-order valence-corrected chi connectivity index (χ1v) is 4.72. The van der Waals surface area contributed by atoms with Gasteiger partial charge in [0.2, 0.25) is 0 Å². The highest BCUT2D eigenvalue weighted by molar-refractivity contribution is 5.86. The fourth-order valence-corrected chi connectivity index (χ4v) is 1.47. The van der Waals surface area contributed by atoms with E-state index < -0.39 is 0 Å². The number of hydrogen-bond donors (Lipinski definition) is 2. The molecule has 0 aliphatic heterocycles. The van der Waals surface area contributed by atoms with Gasteiger partial charge in [0.15, 0.2) is 11.5 Å². The molecule has 3 rings (SSSR count). The molecule has 0 fully saturated rings. The molecular formula is C10H8N6. The van der Waals surface area contributed by atoms with Crippen molar-refractivity contribution >= 4 is 16.9 Å². The lowest BCUT2D eigenvalue weighted by molar-refractivity contribution is 1.09. The number of pyridine rings is 1. The number of rotatable bonds is 1. The average molecular weight is 212 g/mol. The maximum atomic E-state index is 5.80. The van der Waals surface area contributed by atoms with E-state index in [9.17, 15) is 0 Å². The van der Waals surface area contributed by atoms with E-state index >= 15 is 0 Å². The topological polar surface area (TPSA) is 93.4 Å². The van der Waals surface area contributed by atoms with Crippen molar-refractivity contribution < 1.29 is 0 Å². The van der Waals surface area contributed by atoms with Crippen LogP contribution < -0.4 is 5.73 Å². The van der Waals surface area contributed by atoms with Crippen LogP contribution in [0.15, 0.2) is 30.6 Å². The summed E-state index contributed by atoms with van der Waals surface area (Å²) < 4.78 is 0. The van der Waals surface area contributed by atoms with Crippen LogP contribution in [-0.2, 0) is 0 Å². The van der Waals surface area contributed by atoms with Gasteiger partial charge in [-0.2, -0.15) is 5.10 Å². The van der Waals surface area contributed by atoms with Crippen LogP contribution in [0.4, 0.5) is 5.82 Å². The van der Waals surface area contributed by atoms with Crippen LogP contribution in [0, 0.1) is 0 Å². The number of aromatic amines is 1. The van der Waals surface area contributed by atoms with Crippen LogP contribution in [0.1, 0.15) is 0 Å². The van der Waals surface area contributed by atoms with Crippen LogP contribution in [0.5, 0.6) is 0 Å². The molecular weight excluding hydrogens is 204 g/mol. The molecule has 78 valence electrons. The van der Waals surface area contributed by atoms with Crippen molar-refractivity contribution in [3.63, 3.8) is 0 Å². The second kappa shape index (κ2) is 3.27. The molecule has 0 unspecified atom stereocenters. The van der Waals surface area contributed by atoms with Gasteiger partial charge in [-0.3, -0.25) is 10.1 Å². The first-order chi connectivity index (χ1) is 7.84. The summed E-state index contributed by atoms with van der Waals surface area (Å²) in [7, 11) is 0. The number of aromatic nitrogens is 5. The Morgan fingerprint density at radius 1 is 1.19 bits per heavy atom. The average Bonchev–Trinajstić information content (AvgIpc) is 2.79. The summed E-state index contributed by atoms with van der Waals surface area (Å²) in [6.07, 6.45) is 3.29. The third-order valence-electron chi connectivity index (χ3n) is 2.23. The summed E-state index contributed by atoms with van der Waals surface area (Å²) in [5, 5.41) is 7.35. The molecule has 0 saturated heterocycles. The molecule has 6 nitrogen and oxygen atoms in total. The lowest BCUT2D eigenvalue weighted by Crippen LogP contribution is -1.97. The number of nitrogens with one attached hydrogen (secondary N) is 1. The van der Waals surface area contributed by atoms with Crippen molar-refractivity contribution in [1.29, 1.82) is 0 Å². The maximum absolute atomic E-state index is 5.80. The number of nitrogen functional groups attached to an aromatic ring is 1. The van der Waals surface area contributed by atoms with Crippen LogP contribution in [0.3, 0.4) is 0 Å². The van der Waals surface area contributed by atoms with Gasteiger partial charge < -0.3 is 5.73 Å². The molecule has 0 radical (unpaired) electrons. The second-order valence-electron chi connectivity index (χ2n) is 3.28. The Kier molecular flexibility index (Phi) is 1.79. The van der Waals surface area contributed by atoms with Crippen molar-refractivity contribution in [3.05, 3.63) is 30.6 Å². The van der Waals surface area contributed by atoms with Crippen LogP contribution in [0.2, 0.25) is 0 Å². The molecule has 16 heavy (non-hydrogen) atoms. The Bertz CT molecular complexity index is 630. The summed E-state index contributed by atoms with van der Waals surface area (Å²) in [4.78, 5) is 12.6. The molecule has 0 aliphatic rings. The third kappa shape index (κ3) is 1.28. The summed E-state index contributed by atoms with van der Waals surface area (Å²) in [5.74, 6) is 0.897. The molecule has 3 N–H and O–H groups in total. The number of H-pyrrole nitrogens is 1. The minimum atomic E-state index is 0.402. The number of hydrogen-bond acceptors (Lipinski definition) is 5. The van der Waals surface area contributed by atoms with E-state index in [1.807, 2.05) is 18.2 Å². The van der Waals surface area contributed by atoms with Gasteiger partial charge in [0.25, 0.3) is 0 Å². The Morgan fingerprint density at radius 3 is 2.94 bits per heavy atom. The smallest absolute Gasteiger partial charge is 0.182 e. The van der Waals surface area contributed by atoms with Crippen LogP contribution in [-0.4, -0.2) is 25.1 Å². The molecule has 0 saturated carbocycles. The van der Waals surface area contributed by atoms with E-state index in [0.717, 1.165) is 5.39 Å². The van der Waals surface area contributed by atoms with E-state index in [0.29, 0.717) is 23.0 Å². The number of anilines is 1. The molecule has 0 aliphatic carbocycles. The predicted octanol–water partition coefficient (Wildman–Crippen LogP) is 0.997. The van der Waals surface area contributed by atoms with E-state index in [4.69, 9.17) is 5.73 Å². The highest BCUT2D eigenvalue weighted by Crippen LogP contribution is 2.19.